The summed E-state index contributed by atoms with van der Waals surface area (Å²) in [5.74, 6) is -0.749. The first kappa shape index (κ1) is 19.6. The standard InChI is InChI=1S/C21H18FNO4S/c1-3-27-21(25)18-17(13-7-9-15(22)10-8-13)12-28-20(18)23-19(24)14-5-4-6-16(11-14)26-2/h4-12H,3H2,1-2H3,(H,23,24). The maximum atomic E-state index is 13.3. The topological polar surface area (TPSA) is 64.6 Å². The van der Waals surface area contributed by atoms with Gasteiger partial charge >= 0.3 is 5.97 Å². The Morgan fingerprint density at radius 3 is 2.57 bits per heavy atom. The van der Waals surface area contributed by atoms with Crippen LogP contribution in [0, 0.1) is 5.82 Å². The Hall–Kier alpha value is -3.19. The second-order valence-electron chi connectivity index (χ2n) is 5.77. The zero-order chi connectivity index (χ0) is 20.1. The molecule has 0 aliphatic heterocycles. The third kappa shape index (κ3) is 4.20. The van der Waals surface area contributed by atoms with Crippen molar-refractivity contribution in [3.8, 4) is 16.9 Å². The van der Waals surface area contributed by atoms with Crippen molar-refractivity contribution in [3.63, 3.8) is 0 Å². The number of carbonyl (C=O) groups excluding carboxylic acids is 2. The Morgan fingerprint density at radius 1 is 1.14 bits per heavy atom. The number of benzene rings is 2. The first-order valence-electron chi connectivity index (χ1n) is 8.53. The molecule has 0 atom stereocenters. The highest BCUT2D eigenvalue weighted by Crippen LogP contribution is 2.36. The zero-order valence-corrected chi connectivity index (χ0v) is 16.1. The van der Waals surface area contributed by atoms with E-state index in [0.717, 1.165) is 0 Å². The lowest BCUT2D eigenvalue weighted by molar-refractivity contribution is 0.0529. The minimum Gasteiger partial charge on any atom is -0.497 e. The Kier molecular flexibility index (Phi) is 6.06. The van der Waals surface area contributed by atoms with Crippen LogP contribution in [0.15, 0.2) is 53.9 Å². The molecule has 2 aromatic carbocycles. The molecule has 0 aliphatic carbocycles. The summed E-state index contributed by atoms with van der Waals surface area (Å²) in [6.45, 7) is 1.90. The fourth-order valence-electron chi connectivity index (χ4n) is 2.64. The van der Waals surface area contributed by atoms with Gasteiger partial charge in [-0.15, -0.1) is 11.3 Å². The molecule has 0 radical (unpaired) electrons. The van der Waals surface area contributed by atoms with Crippen LogP contribution in [0.5, 0.6) is 5.75 Å². The minimum absolute atomic E-state index is 0.195. The highest BCUT2D eigenvalue weighted by Gasteiger charge is 2.23. The number of halogens is 1. The van der Waals surface area contributed by atoms with Crippen molar-refractivity contribution in [1.82, 2.24) is 0 Å². The molecule has 3 rings (SSSR count). The van der Waals surface area contributed by atoms with Crippen LogP contribution in [0.4, 0.5) is 9.39 Å². The van der Waals surface area contributed by atoms with Gasteiger partial charge in [0.05, 0.1) is 13.7 Å². The van der Waals surface area contributed by atoms with Crippen LogP contribution in [-0.4, -0.2) is 25.6 Å². The molecule has 0 saturated heterocycles. The SMILES string of the molecule is CCOC(=O)c1c(-c2ccc(F)cc2)csc1NC(=O)c1cccc(OC)c1. The smallest absolute Gasteiger partial charge is 0.341 e. The van der Waals surface area contributed by atoms with Gasteiger partial charge < -0.3 is 14.8 Å². The fraction of sp³-hybridized carbons (Fsp3) is 0.143. The van der Waals surface area contributed by atoms with Gasteiger partial charge in [0.15, 0.2) is 0 Å². The normalized spacial score (nSPS) is 10.4. The van der Waals surface area contributed by atoms with E-state index in [2.05, 4.69) is 5.32 Å². The van der Waals surface area contributed by atoms with Gasteiger partial charge in [-0.05, 0) is 42.8 Å². The summed E-state index contributed by atoms with van der Waals surface area (Å²) in [6, 6.07) is 12.5. The van der Waals surface area contributed by atoms with Crippen molar-refractivity contribution in [1.29, 1.82) is 0 Å². The van der Waals surface area contributed by atoms with E-state index in [9.17, 15) is 14.0 Å². The van der Waals surface area contributed by atoms with E-state index < -0.39 is 5.97 Å². The summed E-state index contributed by atoms with van der Waals surface area (Å²) < 4.78 is 23.6. The number of amides is 1. The molecule has 28 heavy (non-hydrogen) atoms. The van der Waals surface area contributed by atoms with Gasteiger partial charge in [0, 0.05) is 16.5 Å². The van der Waals surface area contributed by atoms with Crippen LogP contribution in [0.3, 0.4) is 0 Å². The first-order valence-corrected chi connectivity index (χ1v) is 9.41. The summed E-state index contributed by atoms with van der Waals surface area (Å²) in [7, 11) is 1.52. The number of esters is 1. The van der Waals surface area contributed by atoms with E-state index in [1.54, 1.807) is 48.7 Å². The van der Waals surface area contributed by atoms with E-state index in [1.165, 1.54) is 30.6 Å². The molecular formula is C21H18FNO4S. The fourth-order valence-corrected chi connectivity index (χ4v) is 3.59. The molecule has 1 N–H and O–H groups in total. The minimum atomic E-state index is -0.552. The van der Waals surface area contributed by atoms with E-state index in [-0.39, 0.29) is 23.9 Å². The lowest BCUT2D eigenvalue weighted by atomic mass is 10.0. The highest BCUT2D eigenvalue weighted by molar-refractivity contribution is 7.15. The molecule has 7 heteroatoms. The van der Waals surface area contributed by atoms with Crippen molar-refractivity contribution in [2.24, 2.45) is 0 Å². The number of anilines is 1. The van der Waals surface area contributed by atoms with Crippen molar-refractivity contribution in [2.45, 2.75) is 6.92 Å². The van der Waals surface area contributed by atoms with Crippen LogP contribution < -0.4 is 10.1 Å². The number of thiophene rings is 1. The molecule has 3 aromatic rings. The molecule has 144 valence electrons. The van der Waals surface area contributed by atoms with Gasteiger partial charge in [0.1, 0.15) is 22.1 Å². The van der Waals surface area contributed by atoms with E-state index >= 15 is 0 Å². The number of hydrogen-bond acceptors (Lipinski definition) is 5. The van der Waals surface area contributed by atoms with Gasteiger partial charge in [-0.1, -0.05) is 18.2 Å². The summed E-state index contributed by atoms with van der Waals surface area (Å²) in [5.41, 5.74) is 1.87. The third-order valence-corrected chi connectivity index (χ3v) is 4.88. The predicted octanol–water partition coefficient (Wildman–Crippen LogP) is 4.99. The summed E-state index contributed by atoms with van der Waals surface area (Å²) >= 11 is 1.20. The average molecular weight is 399 g/mol. The van der Waals surface area contributed by atoms with Crippen LogP contribution in [-0.2, 0) is 4.74 Å². The molecule has 1 amide bonds. The molecule has 1 heterocycles. The maximum absolute atomic E-state index is 13.3. The predicted molar refractivity (Wildman–Crippen MR) is 107 cm³/mol. The van der Waals surface area contributed by atoms with Gasteiger partial charge in [-0.3, -0.25) is 4.79 Å². The van der Waals surface area contributed by atoms with Crippen molar-refractivity contribution >= 4 is 28.2 Å². The monoisotopic (exact) mass is 399 g/mol. The Labute approximate surface area is 165 Å². The molecular weight excluding hydrogens is 381 g/mol. The van der Waals surface area contributed by atoms with Crippen molar-refractivity contribution in [3.05, 3.63) is 70.9 Å². The van der Waals surface area contributed by atoms with Crippen molar-refractivity contribution in [2.75, 3.05) is 19.0 Å². The second-order valence-corrected chi connectivity index (χ2v) is 6.65. The van der Waals surface area contributed by atoms with E-state index in [1.807, 2.05) is 0 Å². The molecule has 0 fully saturated rings. The zero-order valence-electron chi connectivity index (χ0n) is 15.3. The van der Waals surface area contributed by atoms with Crippen LogP contribution in [0.25, 0.3) is 11.1 Å². The highest BCUT2D eigenvalue weighted by atomic mass is 32.1. The first-order chi connectivity index (χ1) is 13.5. The van der Waals surface area contributed by atoms with Crippen LogP contribution in [0.2, 0.25) is 0 Å². The van der Waals surface area contributed by atoms with Crippen LogP contribution >= 0.6 is 11.3 Å². The lowest BCUT2D eigenvalue weighted by Gasteiger charge is -2.09. The number of nitrogens with one attached hydrogen (secondary N) is 1. The molecule has 0 spiro atoms. The van der Waals surface area contributed by atoms with Crippen LogP contribution in [0.1, 0.15) is 27.6 Å². The van der Waals surface area contributed by atoms with E-state index in [0.29, 0.717) is 27.4 Å². The Bertz CT molecular complexity index is 998. The van der Waals surface area contributed by atoms with Gasteiger partial charge in [-0.25, -0.2) is 9.18 Å². The Morgan fingerprint density at radius 2 is 1.89 bits per heavy atom. The number of ether oxygens (including phenoxy) is 2. The largest absolute Gasteiger partial charge is 0.497 e. The number of methoxy groups -OCH3 is 1. The van der Waals surface area contributed by atoms with Gasteiger partial charge in [0.2, 0.25) is 0 Å². The Balaban J connectivity index is 1.97. The summed E-state index contributed by atoms with van der Waals surface area (Å²) in [4.78, 5) is 25.2. The molecule has 1 aromatic heterocycles. The average Bonchev–Trinajstić information content (AvgIpc) is 3.12. The molecule has 0 aliphatic rings. The third-order valence-electron chi connectivity index (χ3n) is 3.98. The molecule has 0 unspecified atom stereocenters. The molecule has 0 saturated carbocycles. The van der Waals surface area contributed by atoms with Gasteiger partial charge in [0.25, 0.3) is 5.91 Å². The summed E-state index contributed by atoms with van der Waals surface area (Å²) in [6.07, 6.45) is 0. The van der Waals surface area contributed by atoms with Crippen molar-refractivity contribution < 1.29 is 23.5 Å². The molecule has 5 nitrogen and oxygen atoms in total. The van der Waals surface area contributed by atoms with E-state index in [4.69, 9.17) is 9.47 Å². The number of hydrogen-bond donors (Lipinski definition) is 1. The lowest BCUT2D eigenvalue weighted by Crippen LogP contribution is -2.14. The van der Waals surface area contributed by atoms with Gasteiger partial charge in [-0.2, -0.15) is 0 Å². The summed E-state index contributed by atoms with van der Waals surface area (Å²) in [5, 5.41) is 4.87. The molecule has 0 bridgehead atoms. The quantitative estimate of drug-likeness (QED) is 0.593. The maximum Gasteiger partial charge on any atom is 0.341 e. The number of rotatable bonds is 6. The number of carbonyl (C=O) groups is 2. The second kappa shape index (κ2) is 8.67.